The molecule has 0 bridgehead atoms. The average Bonchev–Trinajstić information content (AvgIpc) is 2.37. The van der Waals surface area contributed by atoms with Crippen LogP contribution in [0.5, 0.6) is 0 Å². The maximum atomic E-state index is 12.8. The highest BCUT2D eigenvalue weighted by molar-refractivity contribution is 5.81. The van der Waals surface area contributed by atoms with Gasteiger partial charge in [0.1, 0.15) is 0 Å². The van der Waals surface area contributed by atoms with Crippen LogP contribution < -0.4 is 0 Å². The normalized spacial score (nSPS) is 14.8. The second-order valence-corrected chi connectivity index (χ2v) is 3.75. The molecule has 0 saturated heterocycles. The van der Waals surface area contributed by atoms with Crippen LogP contribution in [-0.4, -0.2) is 48.4 Å². The molecule has 0 aromatic carbocycles. The van der Waals surface area contributed by atoms with Crippen molar-refractivity contribution < 1.29 is 54.5 Å². The van der Waals surface area contributed by atoms with Crippen LogP contribution in [0.2, 0.25) is 0 Å². The van der Waals surface area contributed by atoms with Crippen LogP contribution in [0, 0.1) is 0 Å². The molecule has 0 aliphatic heterocycles. The van der Waals surface area contributed by atoms with Gasteiger partial charge in [-0.15, -0.1) is 0 Å². The highest BCUT2D eigenvalue weighted by atomic mass is 19.4. The van der Waals surface area contributed by atoms with Crippen molar-refractivity contribution in [3.63, 3.8) is 0 Å². The number of carbonyl (C=O) groups excluding carboxylic acids is 1. The highest BCUT2D eigenvalue weighted by Gasteiger charge is 2.76. The van der Waals surface area contributed by atoms with Gasteiger partial charge in [-0.3, -0.25) is 0 Å². The van der Waals surface area contributed by atoms with E-state index < -0.39 is 49.7 Å². The molecule has 0 rings (SSSR count). The number of alkyl halides is 8. The summed E-state index contributed by atoms with van der Waals surface area (Å²) in [5.41, 5.74) is 0. The van der Waals surface area contributed by atoms with Gasteiger partial charge in [0.25, 0.3) is 0 Å². The van der Waals surface area contributed by atoms with Crippen molar-refractivity contribution in [2.45, 2.75) is 37.1 Å². The Morgan fingerprint density at radius 1 is 1.18 bits per heavy atom. The van der Waals surface area contributed by atoms with Crippen LogP contribution >= 0.6 is 0 Å². The fraction of sp³-hybridized carbons (Fsp3) is 0.700. The summed E-state index contributed by atoms with van der Waals surface area (Å²) in [5, 5.41) is 8.93. The molecular formula is C10H10F8O4. The van der Waals surface area contributed by atoms with E-state index in [1.807, 2.05) is 0 Å². The summed E-state index contributed by atoms with van der Waals surface area (Å²) in [6.07, 6.45) is -13.5. The SMILES string of the molecule is C=CC(=O)OC(O)CCOC(F)(F)C(F)(F)C(F)(F)C(F)F. The van der Waals surface area contributed by atoms with Gasteiger partial charge in [0.2, 0.25) is 6.29 Å². The summed E-state index contributed by atoms with van der Waals surface area (Å²) in [6, 6.07) is 0. The van der Waals surface area contributed by atoms with Gasteiger partial charge in [0, 0.05) is 12.5 Å². The third-order valence-electron chi connectivity index (χ3n) is 2.13. The minimum Gasteiger partial charge on any atom is -0.433 e. The summed E-state index contributed by atoms with van der Waals surface area (Å²) in [4.78, 5) is 10.6. The first kappa shape index (κ1) is 20.6. The molecule has 4 nitrogen and oxygen atoms in total. The van der Waals surface area contributed by atoms with Gasteiger partial charge in [-0.2, -0.15) is 26.3 Å². The lowest BCUT2D eigenvalue weighted by molar-refractivity contribution is -0.413. The molecule has 22 heavy (non-hydrogen) atoms. The van der Waals surface area contributed by atoms with Gasteiger partial charge >= 0.3 is 30.3 Å². The first-order chi connectivity index (χ1) is 9.79. The van der Waals surface area contributed by atoms with E-state index in [1.54, 1.807) is 0 Å². The summed E-state index contributed by atoms with van der Waals surface area (Å²) in [6.45, 7) is 1.43. The van der Waals surface area contributed by atoms with Crippen molar-refractivity contribution in [2.75, 3.05) is 6.61 Å². The first-order valence-electron chi connectivity index (χ1n) is 5.36. The Labute approximate surface area is 118 Å². The van der Waals surface area contributed by atoms with Crippen LogP contribution in [0.3, 0.4) is 0 Å². The zero-order valence-electron chi connectivity index (χ0n) is 10.5. The maximum absolute atomic E-state index is 12.8. The summed E-state index contributed by atoms with van der Waals surface area (Å²) in [5.74, 6) is -14.0. The van der Waals surface area contributed by atoms with Crippen LogP contribution in [0.1, 0.15) is 6.42 Å². The number of rotatable bonds is 9. The van der Waals surface area contributed by atoms with E-state index >= 15 is 0 Å². The maximum Gasteiger partial charge on any atom is 0.426 e. The van der Waals surface area contributed by atoms with Crippen molar-refractivity contribution in [3.05, 3.63) is 12.7 Å². The number of hydrogen-bond donors (Lipinski definition) is 1. The lowest BCUT2D eigenvalue weighted by Crippen LogP contribution is -2.58. The molecule has 0 amide bonds. The Bertz CT molecular complexity index is 398. The van der Waals surface area contributed by atoms with E-state index in [1.165, 1.54) is 0 Å². The zero-order valence-corrected chi connectivity index (χ0v) is 10.5. The van der Waals surface area contributed by atoms with Crippen molar-refractivity contribution in [1.82, 2.24) is 0 Å². The fourth-order valence-electron chi connectivity index (χ4n) is 0.951. The first-order valence-corrected chi connectivity index (χ1v) is 5.36. The quantitative estimate of drug-likeness (QED) is 0.302. The molecule has 0 aromatic heterocycles. The average molecular weight is 346 g/mol. The van der Waals surface area contributed by atoms with Gasteiger partial charge in [-0.25, -0.2) is 13.6 Å². The van der Waals surface area contributed by atoms with Crippen molar-refractivity contribution in [1.29, 1.82) is 0 Å². The Hall–Kier alpha value is -1.43. The summed E-state index contributed by atoms with van der Waals surface area (Å²) >= 11 is 0. The Morgan fingerprint density at radius 2 is 1.68 bits per heavy atom. The predicted molar refractivity (Wildman–Crippen MR) is 53.7 cm³/mol. The molecule has 0 aliphatic rings. The highest BCUT2D eigenvalue weighted by Crippen LogP contribution is 2.48. The number of halogens is 8. The number of aliphatic hydroxyl groups is 1. The molecule has 0 fully saturated rings. The monoisotopic (exact) mass is 346 g/mol. The zero-order chi connectivity index (χ0) is 17.8. The molecule has 1 unspecified atom stereocenters. The van der Waals surface area contributed by atoms with Crippen LogP contribution in [-0.2, 0) is 14.3 Å². The summed E-state index contributed by atoms with van der Waals surface area (Å²) < 4.78 is 107. The van der Waals surface area contributed by atoms with Crippen LogP contribution in [0.25, 0.3) is 0 Å². The number of carbonyl (C=O) groups is 1. The molecule has 0 radical (unpaired) electrons. The largest absolute Gasteiger partial charge is 0.433 e. The molecule has 0 spiro atoms. The molecule has 0 aromatic rings. The van der Waals surface area contributed by atoms with Gasteiger partial charge in [0.05, 0.1) is 6.61 Å². The van der Waals surface area contributed by atoms with Crippen molar-refractivity contribution >= 4 is 5.97 Å². The van der Waals surface area contributed by atoms with E-state index in [4.69, 9.17) is 5.11 Å². The van der Waals surface area contributed by atoms with Gasteiger partial charge in [0.15, 0.2) is 0 Å². The van der Waals surface area contributed by atoms with Gasteiger partial charge in [-0.1, -0.05) is 6.58 Å². The third kappa shape index (κ3) is 4.53. The van der Waals surface area contributed by atoms with Crippen LogP contribution in [0.15, 0.2) is 12.7 Å². The van der Waals surface area contributed by atoms with Gasteiger partial charge in [-0.05, 0) is 0 Å². The molecule has 1 N–H and O–H groups in total. The third-order valence-corrected chi connectivity index (χ3v) is 2.13. The molecule has 0 heterocycles. The Morgan fingerprint density at radius 3 is 2.09 bits per heavy atom. The van der Waals surface area contributed by atoms with E-state index in [0.29, 0.717) is 6.08 Å². The molecule has 130 valence electrons. The van der Waals surface area contributed by atoms with Crippen molar-refractivity contribution in [2.24, 2.45) is 0 Å². The van der Waals surface area contributed by atoms with Crippen molar-refractivity contribution in [3.8, 4) is 0 Å². The minimum atomic E-state index is -6.50. The Kier molecular flexibility index (Phi) is 6.75. The van der Waals surface area contributed by atoms with E-state index in [2.05, 4.69) is 16.1 Å². The number of aliphatic hydroxyl groups excluding tert-OH is 1. The lowest BCUT2D eigenvalue weighted by Gasteiger charge is -2.31. The lowest BCUT2D eigenvalue weighted by atomic mass is 10.1. The smallest absolute Gasteiger partial charge is 0.426 e. The number of ether oxygens (including phenoxy) is 2. The van der Waals surface area contributed by atoms with E-state index in [-0.39, 0.29) is 0 Å². The number of hydrogen-bond acceptors (Lipinski definition) is 4. The number of esters is 1. The molecule has 0 aliphatic carbocycles. The standard InChI is InChI=1S/C10H10F8O4/c1-2-5(19)22-6(20)3-4-21-10(17,18)9(15,16)8(13,14)7(11)12/h2,6-7,20H,1,3-4H2. The topological polar surface area (TPSA) is 55.8 Å². The summed E-state index contributed by atoms with van der Waals surface area (Å²) in [7, 11) is 0. The molecular weight excluding hydrogens is 336 g/mol. The second-order valence-electron chi connectivity index (χ2n) is 3.75. The molecule has 12 heteroatoms. The minimum absolute atomic E-state index is 0.579. The second kappa shape index (κ2) is 7.22. The van der Waals surface area contributed by atoms with Crippen LogP contribution in [0.4, 0.5) is 35.1 Å². The van der Waals surface area contributed by atoms with Gasteiger partial charge < -0.3 is 14.6 Å². The van der Waals surface area contributed by atoms with E-state index in [0.717, 1.165) is 0 Å². The fourth-order valence-corrected chi connectivity index (χ4v) is 0.951. The molecule has 0 saturated carbocycles. The molecule has 1 atom stereocenters. The Balaban J connectivity index is 4.70. The predicted octanol–water partition coefficient (Wildman–Crippen LogP) is 2.57. The van der Waals surface area contributed by atoms with E-state index in [9.17, 15) is 39.9 Å².